The van der Waals surface area contributed by atoms with Crippen molar-refractivity contribution in [3.8, 4) is 0 Å². The van der Waals surface area contributed by atoms with Gasteiger partial charge in [0.05, 0.1) is 5.69 Å². The summed E-state index contributed by atoms with van der Waals surface area (Å²) in [6.07, 6.45) is 4.62. The minimum atomic E-state index is 0.0768. The molecule has 0 radical (unpaired) electrons. The van der Waals surface area contributed by atoms with Gasteiger partial charge in [-0.1, -0.05) is 24.4 Å². The van der Waals surface area contributed by atoms with Crippen LogP contribution >= 0.6 is 11.6 Å². The molecule has 1 aromatic carbocycles. The lowest BCUT2D eigenvalue weighted by Gasteiger charge is -2.30. The minimum absolute atomic E-state index is 0.0768. The van der Waals surface area contributed by atoms with E-state index in [9.17, 15) is 9.59 Å². The monoisotopic (exact) mass is 277 g/mol. The Bertz CT molecular complexity index is 535. The number of nitrogens with zero attached hydrogens (tertiary/aromatic N) is 1. The Labute approximate surface area is 117 Å². The SMILES string of the molecule is O=C1CCN(C(=O)C2CCCC2)c2ccc(Cl)cc21. The smallest absolute Gasteiger partial charge is 0.230 e. The van der Waals surface area contributed by atoms with Crippen molar-refractivity contribution in [2.24, 2.45) is 5.92 Å². The summed E-state index contributed by atoms with van der Waals surface area (Å²) in [4.78, 5) is 26.2. The Morgan fingerprint density at radius 3 is 2.74 bits per heavy atom. The average Bonchev–Trinajstić information content (AvgIpc) is 2.93. The van der Waals surface area contributed by atoms with Gasteiger partial charge in [0.2, 0.25) is 5.91 Å². The molecule has 0 aromatic heterocycles. The maximum atomic E-state index is 12.5. The second-order valence-corrected chi connectivity index (χ2v) is 5.74. The molecule has 1 aromatic rings. The molecule has 2 aliphatic rings. The van der Waals surface area contributed by atoms with Gasteiger partial charge in [0.15, 0.2) is 5.78 Å². The molecule has 4 heteroatoms. The van der Waals surface area contributed by atoms with Crippen LogP contribution in [0.4, 0.5) is 5.69 Å². The van der Waals surface area contributed by atoms with E-state index < -0.39 is 0 Å². The van der Waals surface area contributed by atoms with Crippen LogP contribution in [-0.2, 0) is 4.79 Å². The van der Waals surface area contributed by atoms with Crippen LogP contribution in [0.15, 0.2) is 18.2 Å². The molecule has 3 rings (SSSR count). The van der Waals surface area contributed by atoms with E-state index >= 15 is 0 Å². The molecule has 1 saturated carbocycles. The largest absolute Gasteiger partial charge is 0.311 e. The zero-order valence-corrected chi connectivity index (χ0v) is 11.4. The number of hydrogen-bond donors (Lipinski definition) is 0. The van der Waals surface area contributed by atoms with Crippen LogP contribution in [0, 0.1) is 5.92 Å². The Morgan fingerprint density at radius 2 is 2.00 bits per heavy atom. The summed E-state index contributed by atoms with van der Waals surface area (Å²) >= 11 is 5.94. The first-order valence-electron chi connectivity index (χ1n) is 6.81. The van der Waals surface area contributed by atoms with Crippen molar-refractivity contribution in [2.45, 2.75) is 32.1 Å². The summed E-state index contributed by atoms with van der Waals surface area (Å²) in [7, 11) is 0. The summed E-state index contributed by atoms with van der Waals surface area (Å²) in [6.45, 7) is 0.503. The maximum absolute atomic E-state index is 12.5. The number of Topliss-reactive ketones (excluding diaryl/α,β-unsaturated/α-hetero) is 1. The number of halogens is 1. The third-order valence-electron chi connectivity index (χ3n) is 4.08. The fourth-order valence-corrected chi connectivity index (χ4v) is 3.23. The number of carbonyl (C=O) groups is 2. The first kappa shape index (κ1) is 12.7. The molecule has 1 aliphatic heterocycles. The van der Waals surface area contributed by atoms with Gasteiger partial charge in [-0.3, -0.25) is 9.59 Å². The molecule has 0 spiro atoms. The van der Waals surface area contributed by atoms with Gasteiger partial charge in [-0.2, -0.15) is 0 Å². The summed E-state index contributed by atoms with van der Waals surface area (Å²) in [5.41, 5.74) is 1.32. The molecule has 19 heavy (non-hydrogen) atoms. The minimum Gasteiger partial charge on any atom is -0.311 e. The van der Waals surface area contributed by atoms with Crippen molar-refractivity contribution < 1.29 is 9.59 Å². The quantitative estimate of drug-likeness (QED) is 0.788. The van der Waals surface area contributed by atoms with Crippen LogP contribution in [-0.4, -0.2) is 18.2 Å². The Hall–Kier alpha value is -1.35. The molecular formula is C15H16ClNO2. The molecular weight excluding hydrogens is 262 g/mol. The number of hydrogen-bond acceptors (Lipinski definition) is 2. The molecule has 1 heterocycles. The van der Waals surface area contributed by atoms with E-state index in [4.69, 9.17) is 11.6 Å². The molecule has 3 nitrogen and oxygen atoms in total. The highest BCUT2D eigenvalue weighted by Gasteiger charge is 2.32. The predicted molar refractivity (Wildman–Crippen MR) is 74.7 cm³/mol. The van der Waals surface area contributed by atoms with Gasteiger partial charge in [0, 0.05) is 29.5 Å². The highest BCUT2D eigenvalue weighted by molar-refractivity contribution is 6.31. The lowest BCUT2D eigenvalue weighted by atomic mass is 9.98. The van der Waals surface area contributed by atoms with Crippen molar-refractivity contribution in [1.82, 2.24) is 0 Å². The van der Waals surface area contributed by atoms with Crippen molar-refractivity contribution in [2.75, 3.05) is 11.4 Å². The van der Waals surface area contributed by atoms with Gasteiger partial charge in [0.1, 0.15) is 0 Å². The normalized spacial score (nSPS) is 19.6. The maximum Gasteiger partial charge on any atom is 0.230 e. The van der Waals surface area contributed by atoms with Gasteiger partial charge in [-0.15, -0.1) is 0 Å². The summed E-state index contributed by atoms with van der Waals surface area (Å²) < 4.78 is 0. The number of anilines is 1. The van der Waals surface area contributed by atoms with Gasteiger partial charge in [-0.05, 0) is 31.0 Å². The number of ketones is 1. The lowest BCUT2D eigenvalue weighted by Crippen LogP contribution is -2.40. The zero-order chi connectivity index (χ0) is 13.4. The lowest BCUT2D eigenvalue weighted by molar-refractivity contribution is -0.122. The van der Waals surface area contributed by atoms with Gasteiger partial charge in [0.25, 0.3) is 0 Å². The van der Waals surface area contributed by atoms with Crippen LogP contribution in [0.2, 0.25) is 5.02 Å². The number of benzene rings is 1. The molecule has 0 bridgehead atoms. The molecule has 1 fully saturated rings. The standard InChI is InChI=1S/C15H16ClNO2/c16-11-5-6-13-12(9-11)14(18)7-8-17(13)15(19)10-3-1-2-4-10/h5-6,9-10H,1-4,7-8H2. The average molecular weight is 278 g/mol. The third kappa shape index (κ3) is 2.27. The predicted octanol–water partition coefficient (Wildman–Crippen LogP) is 3.45. The van der Waals surface area contributed by atoms with Crippen molar-refractivity contribution >= 4 is 29.0 Å². The third-order valence-corrected chi connectivity index (χ3v) is 4.32. The highest BCUT2D eigenvalue weighted by Crippen LogP contribution is 2.33. The second-order valence-electron chi connectivity index (χ2n) is 5.31. The molecule has 1 amide bonds. The summed E-state index contributed by atoms with van der Waals surface area (Å²) in [5, 5.41) is 0.544. The van der Waals surface area contributed by atoms with E-state index in [1.165, 1.54) is 0 Å². The number of amides is 1. The zero-order valence-electron chi connectivity index (χ0n) is 10.7. The van der Waals surface area contributed by atoms with Crippen LogP contribution in [0.3, 0.4) is 0 Å². The first-order chi connectivity index (χ1) is 9.16. The van der Waals surface area contributed by atoms with Crippen molar-refractivity contribution in [3.63, 3.8) is 0 Å². The molecule has 0 saturated heterocycles. The summed E-state index contributed by atoms with van der Waals surface area (Å²) in [5.74, 6) is 0.387. The van der Waals surface area contributed by atoms with E-state index in [2.05, 4.69) is 0 Å². The van der Waals surface area contributed by atoms with E-state index in [1.807, 2.05) is 0 Å². The van der Waals surface area contributed by atoms with Crippen molar-refractivity contribution in [3.05, 3.63) is 28.8 Å². The fourth-order valence-electron chi connectivity index (χ4n) is 3.06. The Balaban J connectivity index is 1.94. The fraction of sp³-hybridized carbons (Fsp3) is 0.467. The first-order valence-corrected chi connectivity index (χ1v) is 7.19. The van der Waals surface area contributed by atoms with Crippen molar-refractivity contribution in [1.29, 1.82) is 0 Å². The Morgan fingerprint density at radius 1 is 1.26 bits per heavy atom. The summed E-state index contributed by atoms with van der Waals surface area (Å²) in [6, 6.07) is 5.21. The molecule has 0 atom stereocenters. The topological polar surface area (TPSA) is 37.4 Å². The molecule has 100 valence electrons. The molecule has 0 unspecified atom stereocenters. The van der Waals surface area contributed by atoms with Gasteiger partial charge in [-0.25, -0.2) is 0 Å². The van der Waals surface area contributed by atoms with Crippen LogP contribution in [0.5, 0.6) is 0 Å². The van der Waals surface area contributed by atoms with Crippen LogP contribution in [0.1, 0.15) is 42.5 Å². The number of rotatable bonds is 1. The van der Waals surface area contributed by atoms with E-state index in [0.29, 0.717) is 23.6 Å². The number of carbonyl (C=O) groups excluding carboxylic acids is 2. The Kier molecular flexibility index (Phi) is 3.31. The highest BCUT2D eigenvalue weighted by atomic mass is 35.5. The number of fused-ring (bicyclic) bond motifs is 1. The van der Waals surface area contributed by atoms with Crippen LogP contribution < -0.4 is 4.90 Å². The second kappa shape index (κ2) is 4.97. The van der Waals surface area contributed by atoms with E-state index in [-0.39, 0.29) is 17.6 Å². The van der Waals surface area contributed by atoms with Gasteiger partial charge >= 0.3 is 0 Å². The molecule has 1 aliphatic carbocycles. The van der Waals surface area contributed by atoms with E-state index in [1.54, 1.807) is 23.1 Å². The molecule has 0 N–H and O–H groups in total. The van der Waals surface area contributed by atoms with Crippen LogP contribution in [0.25, 0.3) is 0 Å². The van der Waals surface area contributed by atoms with Gasteiger partial charge < -0.3 is 4.90 Å². The van der Waals surface area contributed by atoms with E-state index in [0.717, 1.165) is 31.4 Å².